The lowest BCUT2D eigenvalue weighted by atomic mass is 10.2. The summed E-state index contributed by atoms with van der Waals surface area (Å²) in [5.74, 6) is -0.212. The fraction of sp³-hybridized carbons (Fsp3) is 0.154. The standard InChI is InChI=1S/C13H14ClN3O/c1-17(2)12-6-4-3-5-10(12)16-13(18)11-7-9(14)8-15-11/h3-8,15H,1-2H3,(H,16,18). The molecule has 0 aliphatic heterocycles. The minimum atomic E-state index is -0.212. The number of nitrogens with one attached hydrogen (secondary N) is 2. The Hall–Kier alpha value is -1.94. The minimum absolute atomic E-state index is 0.212. The Morgan fingerprint density at radius 2 is 2.06 bits per heavy atom. The van der Waals surface area contributed by atoms with Gasteiger partial charge in [-0.15, -0.1) is 0 Å². The number of nitrogens with zero attached hydrogens (tertiary/aromatic N) is 1. The maximum atomic E-state index is 12.0. The topological polar surface area (TPSA) is 48.1 Å². The molecular weight excluding hydrogens is 250 g/mol. The molecule has 0 aliphatic carbocycles. The van der Waals surface area contributed by atoms with Crippen molar-refractivity contribution in [1.29, 1.82) is 0 Å². The number of aromatic amines is 1. The molecular formula is C13H14ClN3O. The molecule has 18 heavy (non-hydrogen) atoms. The second-order valence-electron chi connectivity index (χ2n) is 4.10. The Kier molecular flexibility index (Phi) is 3.58. The number of hydrogen-bond donors (Lipinski definition) is 2. The van der Waals surface area contributed by atoms with Crippen LogP contribution < -0.4 is 10.2 Å². The van der Waals surface area contributed by atoms with Crippen molar-refractivity contribution in [1.82, 2.24) is 4.98 Å². The second kappa shape index (κ2) is 5.14. The molecule has 2 aromatic rings. The van der Waals surface area contributed by atoms with Crippen molar-refractivity contribution in [3.63, 3.8) is 0 Å². The van der Waals surface area contributed by atoms with Crippen LogP contribution in [0.15, 0.2) is 36.5 Å². The van der Waals surface area contributed by atoms with Gasteiger partial charge in [0.1, 0.15) is 5.69 Å². The molecule has 0 unspecified atom stereocenters. The van der Waals surface area contributed by atoms with Crippen LogP contribution in [0.2, 0.25) is 5.02 Å². The molecule has 2 rings (SSSR count). The summed E-state index contributed by atoms with van der Waals surface area (Å²) in [6.07, 6.45) is 1.58. The zero-order valence-electron chi connectivity index (χ0n) is 10.2. The van der Waals surface area contributed by atoms with Gasteiger partial charge in [0.25, 0.3) is 5.91 Å². The Labute approximate surface area is 111 Å². The summed E-state index contributed by atoms with van der Waals surface area (Å²) in [6.45, 7) is 0. The first-order valence-corrected chi connectivity index (χ1v) is 5.87. The zero-order chi connectivity index (χ0) is 13.1. The lowest BCUT2D eigenvalue weighted by Crippen LogP contribution is -2.16. The Bertz CT molecular complexity index is 563. The predicted molar refractivity (Wildman–Crippen MR) is 74.5 cm³/mol. The Morgan fingerprint density at radius 3 is 2.67 bits per heavy atom. The van der Waals surface area contributed by atoms with Gasteiger partial charge in [0, 0.05) is 20.3 Å². The largest absolute Gasteiger partial charge is 0.376 e. The van der Waals surface area contributed by atoms with E-state index in [1.54, 1.807) is 12.3 Å². The van der Waals surface area contributed by atoms with E-state index in [2.05, 4.69) is 10.3 Å². The summed E-state index contributed by atoms with van der Waals surface area (Å²) in [7, 11) is 3.85. The van der Waals surface area contributed by atoms with Crippen molar-refractivity contribution in [2.75, 3.05) is 24.3 Å². The number of benzene rings is 1. The number of para-hydroxylation sites is 2. The molecule has 1 aromatic heterocycles. The van der Waals surface area contributed by atoms with Gasteiger partial charge in [-0.3, -0.25) is 4.79 Å². The Balaban J connectivity index is 2.22. The first-order valence-electron chi connectivity index (χ1n) is 5.49. The van der Waals surface area contributed by atoms with E-state index in [9.17, 15) is 4.79 Å². The molecule has 0 atom stereocenters. The van der Waals surface area contributed by atoms with E-state index in [4.69, 9.17) is 11.6 Å². The van der Waals surface area contributed by atoms with Gasteiger partial charge in [0.2, 0.25) is 0 Å². The number of rotatable bonds is 3. The van der Waals surface area contributed by atoms with E-state index in [-0.39, 0.29) is 5.91 Å². The van der Waals surface area contributed by atoms with Crippen molar-refractivity contribution in [2.24, 2.45) is 0 Å². The van der Waals surface area contributed by atoms with E-state index < -0.39 is 0 Å². The van der Waals surface area contributed by atoms with Crippen LogP contribution in [0.4, 0.5) is 11.4 Å². The molecule has 1 aromatic carbocycles. The van der Waals surface area contributed by atoms with Crippen LogP contribution in [0.25, 0.3) is 0 Å². The molecule has 2 N–H and O–H groups in total. The van der Waals surface area contributed by atoms with Gasteiger partial charge in [-0.1, -0.05) is 23.7 Å². The van der Waals surface area contributed by atoms with Crippen LogP contribution in [-0.2, 0) is 0 Å². The van der Waals surface area contributed by atoms with Crippen LogP contribution in [0.1, 0.15) is 10.5 Å². The third-order valence-electron chi connectivity index (χ3n) is 2.53. The normalized spacial score (nSPS) is 10.2. The Morgan fingerprint density at radius 1 is 1.33 bits per heavy atom. The summed E-state index contributed by atoms with van der Waals surface area (Å²) in [4.78, 5) is 16.7. The van der Waals surface area contributed by atoms with E-state index in [0.29, 0.717) is 10.7 Å². The zero-order valence-corrected chi connectivity index (χ0v) is 11.0. The average Bonchev–Trinajstić information content (AvgIpc) is 2.76. The van der Waals surface area contributed by atoms with Crippen LogP contribution in [0.3, 0.4) is 0 Å². The molecule has 0 spiro atoms. The third kappa shape index (κ3) is 2.65. The third-order valence-corrected chi connectivity index (χ3v) is 2.74. The van der Waals surface area contributed by atoms with E-state index in [0.717, 1.165) is 11.4 Å². The molecule has 0 saturated carbocycles. The summed E-state index contributed by atoms with van der Waals surface area (Å²) in [6, 6.07) is 9.20. The fourth-order valence-electron chi connectivity index (χ4n) is 1.66. The number of carbonyl (C=O) groups is 1. The lowest BCUT2D eigenvalue weighted by molar-refractivity contribution is 0.102. The van der Waals surface area contributed by atoms with Crippen molar-refractivity contribution >= 4 is 28.9 Å². The minimum Gasteiger partial charge on any atom is -0.376 e. The second-order valence-corrected chi connectivity index (χ2v) is 4.53. The van der Waals surface area contributed by atoms with Crippen LogP contribution in [0.5, 0.6) is 0 Å². The SMILES string of the molecule is CN(C)c1ccccc1NC(=O)c1cc(Cl)c[nH]1. The van der Waals surface area contributed by atoms with E-state index in [1.807, 2.05) is 43.3 Å². The first kappa shape index (κ1) is 12.5. The van der Waals surface area contributed by atoms with Gasteiger partial charge >= 0.3 is 0 Å². The number of anilines is 2. The predicted octanol–water partition coefficient (Wildman–Crippen LogP) is 2.99. The van der Waals surface area contributed by atoms with E-state index in [1.165, 1.54) is 0 Å². The van der Waals surface area contributed by atoms with Crippen LogP contribution in [0, 0.1) is 0 Å². The van der Waals surface area contributed by atoms with Gasteiger partial charge in [0.15, 0.2) is 0 Å². The number of amides is 1. The van der Waals surface area contributed by atoms with E-state index >= 15 is 0 Å². The van der Waals surface area contributed by atoms with Crippen molar-refractivity contribution in [2.45, 2.75) is 0 Å². The number of aromatic nitrogens is 1. The molecule has 5 heteroatoms. The van der Waals surface area contributed by atoms with Crippen molar-refractivity contribution < 1.29 is 4.79 Å². The van der Waals surface area contributed by atoms with Gasteiger partial charge in [-0.2, -0.15) is 0 Å². The van der Waals surface area contributed by atoms with Gasteiger partial charge in [-0.05, 0) is 18.2 Å². The molecule has 0 radical (unpaired) electrons. The van der Waals surface area contributed by atoms with Gasteiger partial charge in [-0.25, -0.2) is 0 Å². The molecule has 0 aliphatic rings. The molecule has 0 saturated heterocycles. The van der Waals surface area contributed by atoms with Crippen LogP contribution in [-0.4, -0.2) is 25.0 Å². The molecule has 94 valence electrons. The summed E-state index contributed by atoms with van der Waals surface area (Å²) >= 11 is 5.77. The molecule has 0 fully saturated rings. The highest BCUT2D eigenvalue weighted by molar-refractivity contribution is 6.31. The highest BCUT2D eigenvalue weighted by Gasteiger charge is 2.11. The average molecular weight is 264 g/mol. The smallest absolute Gasteiger partial charge is 0.272 e. The van der Waals surface area contributed by atoms with Crippen molar-refractivity contribution in [3.05, 3.63) is 47.2 Å². The summed E-state index contributed by atoms with van der Waals surface area (Å²) < 4.78 is 0. The molecule has 1 heterocycles. The van der Waals surface area contributed by atoms with Gasteiger partial charge < -0.3 is 15.2 Å². The molecule has 0 bridgehead atoms. The molecule has 1 amide bonds. The number of hydrogen-bond acceptors (Lipinski definition) is 2. The van der Waals surface area contributed by atoms with Gasteiger partial charge in [0.05, 0.1) is 16.4 Å². The van der Waals surface area contributed by atoms with Crippen LogP contribution >= 0.6 is 11.6 Å². The monoisotopic (exact) mass is 263 g/mol. The highest BCUT2D eigenvalue weighted by atomic mass is 35.5. The lowest BCUT2D eigenvalue weighted by Gasteiger charge is -2.17. The quantitative estimate of drug-likeness (QED) is 0.894. The first-order chi connectivity index (χ1) is 8.58. The maximum Gasteiger partial charge on any atom is 0.272 e. The highest BCUT2D eigenvalue weighted by Crippen LogP contribution is 2.24. The number of H-pyrrole nitrogens is 1. The van der Waals surface area contributed by atoms with Crippen molar-refractivity contribution in [3.8, 4) is 0 Å². The summed E-state index contributed by atoms with van der Waals surface area (Å²) in [5.41, 5.74) is 2.15. The number of carbonyl (C=O) groups excluding carboxylic acids is 1. The fourth-order valence-corrected chi connectivity index (χ4v) is 1.82. The molecule has 4 nitrogen and oxygen atoms in total. The maximum absolute atomic E-state index is 12.0. The summed E-state index contributed by atoms with van der Waals surface area (Å²) in [5, 5.41) is 3.37. The number of halogens is 1.